The average Bonchev–Trinajstić information content (AvgIpc) is 2.39. The van der Waals surface area contributed by atoms with Crippen molar-refractivity contribution >= 4 is 11.6 Å². The molecule has 4 nitrogen and oxygen atoms in total. The lowest BCUT2D eigenvalue weighted by atomic mass is 10.1. The predicted molar refractivity (Wildman–Crippen MR) is 78.2 cm³/mol. The van der Waals surface area contributed by atoms with Crippen LogP contribution in [-0.2, 0) is 6.42 Å². The van der Waals surface area contributed by atoms with Gasteiger partial charge in [-0.1, -0.05) is 33.6 Å². The fourth-order valence-corrected chi connectivity index (χ4v) is 1.83. The Morgan fingerprint density at radius 2 is 1.56 bits per heavy atom. The molecule has 1 heterocycles. The van der Waals surface area contributed by atoms with Gasteiger partial charge in [0.15, 0.2) is 0 Å². The first-order valence-electron chi connectivity index (χ1n) is 7.15. The van der Waals surface area contributed by atoms with E-state index in [0.29, 0.717) is 0 Å². The Morgan fingerprint density at radius 3 is 2.11 bits per heavy atom. The van der Waals surface area contributed by atoms with Crippen molar-refractivity contribution in [1.29, 1.82) is 0 Å². The number of unbranched alkanes of at least 4 members (excludes halogenated alkanes) is 1. The lowest BCUT2D eigenvalue weighted by molar-refractivity contribution is 0.823. The topological polar surface area (TPSA) is 49.8 Å². The molecule has 0 bridgehead atoms. The van der Waals surface area contributed by atoms with Crippen LogP contribution in [0.3, 0.4) is 0 Å². The third-order valence-electron chi connectivity index (χ3n) is 2.81. The summed E-state index contributed by atoms with van der Waals surface area (Å²) in [6.07, 6.45) is 7.24. The zero-order valence-corrected chi connectivity index (χ0v) is 11.9. The molecule has 0 amide bonds. The van der Waals surface area contributed by atoms with Crippen LogP contribution in [-0.4, -0.2) is 23.1 Å². The summed E-state index contributed by atoms with van der Waals surface area (Å²) >= 11 is 0. The minimum absolute atomic E-state index is 0.960. The Hall–Kier alpha value is -1.32. The molecule has 0 aliphatic rings. The van der Waals surface area contributed by atoms with Gasteiger partial charge in [-0.2, -0.15) is 0 Å². The molecular formula is C14H26N4. The van der Waals surface area contributed by atoms with Crippen molar-refractivity contribution in [1.82, 2.24) is 9.97 Å². The van der Waals surface area contributed by atoms with E-state index in [1.807, 2.05) is 0 Å². The van der Waals surface area contributed by atoms with Gasteiger partial charge in [0.25, 0.3) is 0 Å². The Balaban J connectivity index is 2.79. The van der Waals surface area contributed by atoms with Crippen LogP contribution in [0.1, 0.15) is 52.0 Å². The second kappa shape index (κ2) is 8.72. The van der Waals surface area contributed by atoms with Gasteiger partial charge in [0.05, 0.1) is 0 Å². The molecule has 1 rings (SSSR count). The third-order valence-corrected chi connectivity index (χ3v) is 2.81. The van der Waals surface area contributed by atoms with E-state index in [0.717, 1.165) is 44.0 Å². The third kappa shape index (κ3) is 4.51. The molecule has 102 valence electrons. The monoisotopic (exact) mass is 250 g/mol. The van der Waals surface area contributed by atoms with E-state index in [-0.39, 0.29) is 0 Å². The van der Waals surface area contributed by atoms with Crippen LogP contribution in [0.15, 0.2) is 6.33 Å². The zero-order chi connectivity index (χ0) is 13.2. The van der Waals surface area contributed by atoms with Crippen molar-refractivity contribution in [3.8, 4) is 0 Å². The molecule has 0 spiro atoms. The van der Waals surface area contributed by atoms with Crippen molar-refractivity contribution in [3.63, 3.8) is 0 Å². The number of hydrogen-bond acceptors (Lipinski definition) is 4. The normalized spacial score (nSPS) is 10.4. The summed E-state index contributed by atoms with van der Waals surface area (Å²) in [5, 5.41) is 6.81. The highest BCUT2D eigenvalue weighted by molar-refractivity contribution is 5.57. The van der Waals surface area contributed by atoms with Gasteiger partial charge in [-0.3, -0.25) is 0 Å². The molecule has 0 fully saturated rings. The maximum atomic E-state index is 4.38. The van der Waals surface area contributed by atoms with Gasteiger partial charge in [0.1, 0.15) is 18.0 Å². The van der Waals surface area contributed by atoms with Crippen LogP contribution in [0, 0.1) is 0 Å². The summed E-state index contributed by atoms with van der Waals surface area (Å²) in [6.45, 7) is 8.49. The number of nitrogens with zero attached hydrogens (tertiary/aromatic N) is 2. The highest BCUT2D eigenvalue weighted by Crippen LogP contribution is 2.21. The fourth-order valence-electron chi connectivity index (χ4n) is 1.83. The van der Waals surface area contributed by atoms with Crippen molar-refractivity contribution in [2.45, 2.75) is 52.9 Å². The average molecular weight is 250 g/mol. The highest BCUT2D eigenvalue weighted by atomic mass is 15.1. The van der Waals surface area contributed by atoms with Crippen LogP contribution in [0.25, 0.3) is 0 Å². The second-order valence-electron chi connectivity index (χ2n) is 4.51. The van der Waals surface area contributed by atoms with Crippen molar-refractivity contribution in [2.24, 2.45) is 0 Å². The lowest BCUT2D eigenvalue weighted by Crippen LogP contribution is -2.11. The van der Waals surface area contributed by atoms with Gasteiger partial charge in [0, 0.05) is 18.7 Å². The number of rotatable bonds is 9. The molecule has 0 unspecified atom stereocenters. The lowest BCUT2D eigenvalue weighted by Gasteiger charge is -2.14. The molecule has 0 saturated heterocycles. The van der Waals surface area contributed by atoms with Crippen molar-refractivity contribution < 1.29 is 0 Å². The zero-order valence-electron chi connectivity index (χ0n) is 11.9. The molecule has 18 heavy (non-hydrogen) atoms. The quantitative estimate of drug-likeness (QED) is 0.659. The minimum Gasteiger partial charge on any atom is -0.370 e. The van der Waals surface area contributed by atoms with Crippen molar-refractivity contribution in [2.75, 3.05) is 23.7 Å². The molecule has 4 heteroatoms. The minimum atomic E-state index is 0.960. The van der Waals surface area contributed by atoms with E-state index in [1.54, 1.807) is 6.33 Å². The number of aromatic nitrogens is 2. The number of anilines is 2. The molecule has 0 atom stereocenters. The van der Waals surface area contributed by atoms with Gasteiger partial charge in [-0.05, 0) is 19.3 Å². The molecule has 0 aliphatic carbocycles. The highest BCUT2D eigenvalue weighted by Gasteiger charge is 2.09. The molecule has 2 N–H and O–H groups in total. The van der Waals surface area contributed by atoms with E-state index >= 15 is 0 Å². The molecule has 0 aliphatic heterocycles. The molecule has 0 radical (unpaired) electrons. The van der Waals surface area contributed by atoms with Crippen molar-refractivity contribution in [3.05, 3.63) is 11.9 Å². The fraction of sp³-hybridized carbons (Fsp3) is 0.714. The summed E-state index contributed by atoms with van der Waals surface area (Å²) in [7, 11) is 0. The Kier molecular flexibility index (Phi) is 7.14. The Morgan fingerprint density at radius 1 is 0.889 bits per heavy atom. The van der Waals surface area contributed by atoms with Crippen LogP contribution < -0.4 is 10.6 Å². The molecule has 0 saturated carbocycles. The van der Waals surface area contributed by atoms with Crippen LogP contribution >= 0.6 is 0 Å². The van der Waals surface area contributed by atoms with Gasteiger partial charge in [0.2, 0.25) is 0 Å². The molecule has 1 aromatic rings. The summed E-state index contributed by atoms with van der Waals surface area (Å²) in [5.41, 5.74) is 1.23. The maximum Gasteiger partial charge on any atom is 0.134 e. The smallest absolute Gasteiger partial charge is 0.134 e. The summed E-state index contributed by atoms with van der Waals surface area (Å²) in [4.78, 5) is 8.74. The maximum absolute atomic E-state index is 4.38. The van der Waals surface area contributed by atoms with E-state index in [9.17, 15) is 0 Å². The standard InChI is InChI=1S/C14H26N4/c1-4-7-10-16-14-12(8-5-2)13(15-9-6-3)17-11-18-14/h11H,4-10H2,1-3H3,(H2,15,16,17,18). The van der Waals surface area contributed by atoms with E-state index in [1.165, 1.54) is 18.4 Å². The predicted octanol–water partition coefficient (Wildman–Crippen LogP) is 3.46. The molecule has 1 aromatic heterocycles. The summed E-state index contributed by atoms with van der Waals surface area (Å²) in [6, 6.07) is 0. The van der Waals surface area contributed by atoms with E-state index in [4.69, 9.17) is 0 Å². The summed E-state index contributed by atoms with van der Waals surface area (Å²) < 4.78 is 0. The van der Waals surface area contributed by atoms with Crippen LogP contribution in [0.2, 0.25) is 0 Å². The molecule has 0 aromatic carbocycles. The number of nitrogens with one attached hydrogen (secondary N) is 2. The van der Waals surface area contributed by atoms with Gasteiger partial charge >= 0.3 is 0 Å². The van der Waals surface area contributed by atoms with E-state index < -0.39 is 0 Å². The van der Waals surface area contributed by atoms with Crippen LogP contribution in [0.5, 0.6) is 0 Å². The largest absolute Gasteiger partial charge is 0.370 e. The summed E-state index contributed by atoms with van der Waals surface area (Å²) in [5.74, 6) is 1.99. The first-order valence-corrected chi connectivity index (χ1v) is 7.15. The first-order chi connectivity index (χ1) is 8.83. The first kappa shape index (κ1) is 14.7. The number of hydrogen-bond donors (Lipinski definition) is 2. The van der Waals surface area contributed by atoms with E-state index in [2.05, 4.69) is 41.4 Å². The SMILES string of the molecule is CCCCNc1ncnc(NCCC)c1CCC. The van der Waals surface area contributed by atoms with Crippen LogP contribution in [0.4, 0.5) is 11.6 Å². The second-order valence-corrected chi connectivity index (χ2v) is 4.51. The molecular weight excluding hydrogens is 224 g/mol. The van der Waals surface area contributed by atoms with Gasteiger partial charge in [-0.25, -0.2) is 9.97 Å². The Bertz CT molecular complexity index is 339. The van der Waals surface area contributed by atoms with Gasteiger partial charge < -0.3 is 10.6 Å². The van der Waals surface area contributed by atoms with Gasteiger partial charge in [-0.15, -0.1) is 0 Å². The Labute approximate surface area is 111 Å².